The number of nitrogens with zero attached hydrogens (tertiary/aromatic N) is 1. The zero-order valence-corrected chi connectivity index (χ0v) is 13.8. The molecule has 0 radical (unpaired) electrons. The molecule has 0 bridgehead atoms. The van der Waals surface area contributed by atoms with Gasteiger partial charge in [0.2, 0.25) is 11.8 Å². The van der Waals surface area contributed by atoms with Crippen LogP contribution in [0.25, 0.3) is 0 Å². The molecule has 0 saturated carbocycles. The quantitative estimate of drug-likeness (QED) is 0.780. The Bertz CT molecular complexity index is 839. The molecule has 7 heteroatoms. The SMILES string of the molecule is O=C([O-])c1ccccc1S[C@H]1CC(=O)N(c2cccc(Cl)c2)C1=O. The van der Waals surface area contributed by atoms with Crippen LogP contribution in [0.3, 0.4) is 0 Å². The molecule has 0 N–H and O–H groups in total. The first-order valence-corrected chi connectivity index (χ1v) is 8.32. The molecule has 0 spiro atoms. The predicted molar refractivity (Wildman–Crippen MR) is 89.0 cm³/mol. The number of amides is 2. The van der Waals surface area contributed by atoms with E-state index >= 15 is 0 Å². The minimum Gasteiger partial charge on any atom is -0.545 e. The lowest BCUT2D eigenvalue weighted by atomic mass is 10.2. The monoisotopic (exact) mass is 360 g/mol. The van der Waals surface area contributed by atoms with Crippen LogP contribution in [0.15, 0.2) is 53.4 Å². The maximum atomic E-state index is 12.6. The van der Waals surface area contributed by atoms with Gasteiger partial charge in [-0.2, -0.15) is 0 Å². The first kappa shape index (κ1) is 16.5. The van der Waals surface area contributed by atoms with Gasteiger partial charge >= 0.3 is 0 Å². The Morgan fingerprint density at radius 3 is 2.62 bits per heavy atom. The van der Waals surface area contributed by atoms with E-state index < -0.39 is 11.2 Å². The fraction of sp³-hybridized carbons (Fsp3) is 0.118. The molecule has 0 aliphatic carbocycles. The van der Waals surface area contributed by atoms with Crippen molar-refractivity contribution in [1.29, 1.82) is 0 Å². The summed E-state index contributed by atoms with van der Waals surface area (Å²) in [5.41, 5.74) is 0.415. The van der Waals surface area contributed by atoms with Crippen molar-refractivity contribution in [3.8, 4) is 0 Å². The summed E-state index contributed by atoms with van der Waals surface area (Å²) in [6.07, 6.45) is -0.00258. The molecule has 3 rings (SSSR count). The van der Waals surface area contributed by atoms with Crippen molar-refractivity contribution in [3.05, 3.63) is 59.1 Å². The largest absolute Gasteiger partial charge is 0.545 e. The first-order chi connectivity index (χ1) is 11.5. The van der Waals surface area contributed by atoms with Crippen LogP contribution >= 0.6 is 23.4 Å². The van der Waals surface area contributed by atoms with Gasteiger partial charge in [-0.3, -0.25) is 9.59 Å². The van der Waals surface area contributed by atoms with E-state index in [0.29, 0.717) is 15.6 Å². The summed E-state index contributed by atoms with van der Waals surface area (Å²) in [6.45, 7) is 0. The standard InChI is InChI=1S/C17H12ClNO4S/c18-10-4-3-5-11(8-10)19-15(20)9-14(16(19)21)24-13-7-2-1-6-12(13)17(22)23/h1-8,14H,9H2,(H,22,23)/p-1/t14-/m0/s1. The van der Waals surface area contributed by atoms with E-state index in [1.165, 1.54) is 6.07 Å². The molecule has 0 unspecified atom stereocenters. The summed E-state index contributed by atoms with van der Waals surface area (Å²) >= 11 is 6.97. The van der Waals surface area contributed by atoms with Crippen LogP contribution < -0.4 is 10.0 Å². The molecule has 0 aromatic heterocycles. The van der Waals surface area contributed by atoms with Crippen molar-refractivity contribution in [2.24, 2.45) is 0 Å². The zero-order valence-electron chi connectivity index (χ0n) is 12.3. The van der Waals surface area contributed by atoms with E-state index in [9.17, 15) is 19.5 Å². The molecule has 1 atom stereocenters. The molecule has 2 aromatic carbocycles. The number of anilines is 1. The highest BCUT2D eigenvalue weighted by Gasteiger charge is 2.40. The van der Waals surface area contributed by atoms with Gasteiger partial charge in [-0.1, -0.05) is 35.9 Å². The third-order valence-electron chi connectivity index (χ3n) is 3.55. The summed E-state index contributed by atoms with van der Waals surface area (Å²) in [6, 6.07) is 12.7. The number of carbonyl (C=O) groups excluding carboxylic acids is 3. The molecule has 2 aromatic rings. The van der Waals surface area contributed by atoms with Crippen molar-refractivity contribution in [2.75, 3.05) is 4.90 Å². The highest BCUT2D eigenvalue weighted by atomic mass is 35.5. The minimum absolute atomic E-state index is 0.00258. The lowest BCUT2D eigenvalue weighted by Crippen LogP contribution is -2.31. The molecule has 1 aliphatic rings. The fourth-order valence-electron chi connectivity index (χ4n) is 2.47. The van der Waals surface area contributed by atoms with E-state index in [1.54, 1.807) is 42.5 Å². The van der Waals surface area contributed by atoms with E-state index in [4.69, 9.17) is 11.6 Å². The molecule has 1 aliphatic heterocycles. The number of carboxylic acid groups (broad SMARTS) is 1. The Kier molecular flexibility index (Phi) is 4.59. The maximum Gasteiger partial charge on any atom is 0.247 e. The molecule has 1 fully saturated rings. The van der Waals surface area contributed by atoms with Crippen LogP contribution in [-0.4, -0.2) is 23.0 Å². The average molecular weight is 361 g/mol. The van der Waals surface area contributed by atoms with Crippen LogP contribution in [0.1, 0.15) is 16.8 Å². The Morgan fingerprint density at radius 1 is 1.17 bits per heavy atom. The fourth-order valence-corrected chi connectivity index (χ4v) is 3.83. The van der Waals surface area contributed by atoms with Gasteiger partial charge in [0.05, 0.1) is 16.9 Å². The molecule has 1 saturated heterocycles. The zero-order chi connectivity index (χ0) is 17.3. The van der Waals surface area contributed by atoms with Gasteiger partial charge in [-0.25, -0.2) is 4.90 Å². The highest BCUT2D eigenvalue weighted by molar-refractivity contribution is 8.00. The second kappa shape index (κ2) is 6.67. The first-order valence-electron chi connectivity index (χ1n) is 7.07. The average Bonchev–Trinajstić information content (AvgIpc) is 2.81. The van der Waals surface area contributed by atoms with Crippen molar-refractivity contribution in [2.45, 2.75) is 16.6 Å². The number of carboxylic acids is 1. The molecule has 1 heterocycles. The number of thioether (sulfide) groups is 1. The Balaban J connectivity index is 1.86. The number of halogens is 1. The lowest BCUT2D eigenvalue weighted by molar-refractivity contribution is -0.255. The Labute approximate surface area is 147 Å². The third kappa shape index (κ3) is 3.16. The second-order valence-corrected chi connectivity index (χ2v) is 6.82. The summed E-state index contributed by atoms with van der Waals surface area (Å²) in [5, 5.41) is 10.9. The molecular formula is C17H11ClNO4S-. The van der Waals surface area contributed by atoms with E-state index in [0.717, 1.165) is 16.7 Å². The Morgan fingerprint density at radius 2 is 1.92 bits per heavy atom. The van der Waals surface area contributed by atoms with E-state index in [1.807, 2.05) is 0 Å². The summed E-state index contributed by atoms with van der Waals surface area (Å²) in [7, 11) is 0. The number of hydrogen-bond acceptors (Lipinski definition) is 5. The smallest absolute Gasteiger partial charge is 0.247 e. The molecular weight excluding hydrogens is 350 g/mol. The Hall–Kier alpha value is -2.31. The van der Waals surface area contributed by atoms with Crippen LogP contribution in [0, 0.1) is 0 Å². The number of hydrogen-bond donors (Lipinski definition) is 0. The lowest BCUT2D eigenvalue weighted by Gasteiger charge is -2.16. The topological polar surface area (TPSA) is 77.5 Å². The number of aromatic carboxylic acids is 1. The normalized spacial score (nSPS) is 17.4. The van der Waals surface area contributed by atoms with Gasteiger partial charge in [0.1, 0.15) is 0 Å². The van der Waals surface area contributed by atoms with Crippen LogP contribution in [0.5, 0.6) is 0 Å². The van der Waals surface area contributed by atoms with Crippen molar-refractivity contribution in [1.82, 2.24) is 0 Å². The van der Waals surface area contributed by atoms with Crippen LogP contribution in [0.4, 0.5) is 5.69 Å². The minimum atomic E-state index is -1.32. The summed E-state index contributed by atoms with van der Waals surface area (Å²) in [5.74, 6) is -2.05. The van der Waals surface area contributed by atoms with Crippen LogP contribution in [-0.2, 0) is 9.59 Å². The van der Waals surface area contributed by atoms with Gasteiger partial charge in [0.25, 0.3) is 0 Å². The highest BCUT2D eigenvalue weighted by Crippen LogP contribution is 2.35. The van der Waals surface area contributed by atoms with Gasteiger partial charge in [-0.15, -0.1) is 11.8 Å². The number of rotatable bonds is 4. The molecule has 5 nitrogen and oxygen atoms in total. The van der Waals surface area contributed by atoms with Gasteiger partial charge in [0.15, 0.2) is 0 Å². The maximum absolute atomic E-state index is 12.6. The number of benzene rings is 2. The summed E-state index contributed by atoms with van der Waals surface area (Å²) < 4.78 is 0. The molecule has 122 valence electrons. The van der Waals surface area contributed by atoms with Crippen molar-refractivity contribution < 1.29 is 19.5 Å². The van der Waals surface area contributed by atoms with Crippen molar-refractivity contribution in [3.63, 3.8) is 0 Å². The predicted octanol–water partition coefficient (Wildman–Crippen LogP) is 2.13. The number of carbonyl (C=O) groups is 3. The van der Waals surface area contributed by atoms with Gasteiger partial charge < -0.3 is 9.90 Å². The van der Waals surface area contributed by atoms with Crippen molar-refractivity contribution >= 4 is 46.8 Å². The van der Waals surface area contributed by atoms with Crippen LogP contribution in [0.2, 0.25) is 5.02 Å². The third-order valence-corrected chi connectivity index (χ3v) is 5.05. The van der Waals surface area contributed by atoms with Gasteiger partial charge in [-0.05, 0) is 24.3 Å². The second-order valence-electron chi connectivity index (χ2n) is 5.14. The van der Waals surface area contributed by atoms with E-state index in [2.05, 4.69) is 0 Å². The number of imide groups is 1. The van der Waals surface area contributed by atoms with Gasteiger partial charge in [0, 0.05) is 21.9 Å². The molecule has 24 heavy (non-hydrogen) atoms. The molecule has 2 amide bonds. The van der Waals surface area contributed by atoms with E-state index in [-0.39, 0.29) is 23.8 Å². The summed E-state index contributed by atoms with van der Waals surface area (Å²) in [4.78, 5) is 37.5.